The van der Waals surface area contributed by atoms with E-state index in [9.17, 15) is 4.79 Å². The van der Waals surface area contributed by atoms with Gasteiger partial charge in [-0.25, -0.2) is 4.98 Å². The van der Waals surface area contributed by atoms with Crippen LogP contribution in [0.5, 0.6) is 0 Å². The van der Waals surface area contributed by atoms with Crippen LogP contribution in [0.15, 0.2) is 12.4 Å². The van der Waals surface area contributed by atoms with Crippen molar-refractivity contribution in [1.82, 2.24) is 9.55 Å². The largest absolute Gasteiger partial charge is 0.469 e. The van der Waals surface area contributed by atoms with Gasteiger partial charge in [0, 0.05) is 24.7 Å². The highest BCUT2D eigenvalue weighted by atomic mass is 32.2. The third-order valence-corrected chi connectivity index (χ3v) is 4.80. The molecule has 0 atom stereocenters. The Kier molecular flexibility index (Phi) is 4.32. The summed E-state index contributed by atoms with van der Waals surface area (Å²) in [6.45, 7) is 3.01. The van der Waals surface area contributed by atoms with E-state index in [2.05, 4.69) is 9.55 Å². The Morgan fingerprint density at radius 2 is 2.39 bits per heavy atom. The van der Waals surface area contributed by atoms with Crippen LogP contribution in [0.25, 0.3) is 0 Å². The molecule has 4 nitrogen and oxygen atoms in total. The first kappa shape index (κ1) is 13.5. The quantitative estimate of drug-likeness (QED) is 0.562. The molecule has 0 spiro atoms. The second-order valence-electron chi connectivity index (χ2n) is 4.97. The van der Waals surface area contributed by atoms with Gasteiger partial charge in [-0.3, -0.25) is 4.79 Å². The van der Waals surface area contributed by atoms with Gasteiger partial charge in [-0.15, -0.1) is 0 Å². The van der Waals surface area contributed by atoms with Crippen molar-refractivity contribution in [2.24, 2.45) is 5.41 Å². The van der Waals surface area contributed by atoms with E-state index < -0.39 is 0 Å². The van der Waals surface area contributed by atoms with E-state index in [4.69, 9.17) is 4.74 Å². The summed E-state index contributed by atoms with van der Waals surface area (Å²) < 4.78 is 6.91. The Morgan fingerprint density at radius 3 is 2.94 bits per heavy atom. The minimum atomic E-state index is -0.0708. The summed E-state index contributed by atoms with van der Waals surface area (Å²) in [6, 6.07) is 0. The molecule has 0 aliphatic heterocycles. The van der Waals surface area contributed by atoms with Crippen LogP contribution in [-0.2, 0) is 16.1 Å². The van der Waals surface area contributed by atoms with Gasteiger partial charge in [0.1, 0.15) is 5.82 Å². The molecule has 1 aliphatic carbocycles. The fraction of sp³-hybridized carbons (Fsp3) is 0.692. The molecule has 0 N–H and O–H groups in total. The first-order valence-electron chi connectivity index (χ1n) is 6.27. The summed E-state index contributed by atoms with van der Waals surface area (Å²) in [5.41, 5.74) is 0.238. The number of carbonyl (C=O) groups excluding carboxylic acids is 1. The second kappa shape index (κ2) is 5.78. The maximum absolute atomic E-state index is 11.3. The molecule has 0 aromatic carbocycles. The molecule has 0 amide bonds. The maximum atomic E-state index is 11.3. The summed E-state index contributed by atoms with van der Waals surface area (Å²) in [5.74, 6) is 3.13. The summed E-state index contributed by atoms with van der Waals surface area (Å²) in [5, 5.41) is 0. The number of nitrogens with zero attached hydrogens (tertiary/aromatic N) is 2. The Balaban J connectivity index is 1.67. The van der Waals surface area contributed by atoms with Crippen molar-refractivity contribution in [3.8, 4) is 0 Å². The third kappa shape index (κ3) is 3.51. The number of aryl methyl sites for hydroxylation is 2. The Bertz CT molecular complexity index is 413. The van der Waals surface area contributed by atoms with Gasteiger partial charge in [-0.2, -0.15) is 11.8 Å². The molecule has 1 aromatic heterocycles. The lowest BCUT2D eigenvalue weighted by Crippen LogP contribution is -2.14. The first-order valence-corrected chi connectivity index (χ1v) is 7.43. The average molecular weight is 268 g/mol. The number of methoxy groups -OCH3 is 1. The third-order valence-electron chi connectivity index (χ3n) is 3.51. The predicted octanol–water partition coefficient (Wildman–Crippen LogP) is 2.27. The molecule has 2 rings (SSSR count). The van der Waals surface area contributed by atoms with Crippen molar-refractivity contribution >= 4 is 17.7 Å². The van der Waals surface area contributed by atoms with Crippen LogP contribution in [0.2, 0.25) is 0 Å². The van der Waals surface area contributed by atoms with Crippen LogP contribution in [0.3, 0.4) is 0 Å². The van der Waals surface area contributed by atoms with E-state index in [1.165, 1.54) is 20.0 Å². The molecule has 1 fully saturated rings. The number of hydrogen-bond acceptors (Lipinski definition) is 4. The normalized spacial score (nSPS) is 16.6. The molecule has 1 aliphatic rings. The zero-order valence-electron chi connectivity index (χ0n) is 11.0. The van der Waals surface area contributed by atoms with Gasteiger partial charge in [0.25, 0.3) is 0 Å². The van der Waals surface area contributed by atoms with Crippen molar-refractivity contribution in [3.63, 3.8) is 0 Å². The molecule has 0 saturated heterocycles. The van der Waals surface area contributed by atoms with Crippen molar-refractivity contribution < 1.29 is 9.53 Å². The molecule has 18 heavy (non-hydrogen) atoms. The summed E-state index contributed by atoms with van der Waals surface area (Å²) >= 11 is 1.93. The second-order valence-corrected chi connectivity index (χ2v) is 6.08. The molecule has 1 heterocycles. The van der Waals surface area contributed by atoms with Crippen LogP contribution in [-0.4, -0.2) is 34.1 Å². The maximum Gasteiger partial charge on any atom is 0.306 e. The molecular weight excluding hydrogens is 248 g/mol. The van der Waals surface area contributed by atoms with E-state index in [1.807, 2.05) is 31.1 Å². The van der Waals surface area contributed by atoms with Crippen molar-refractivity contribution in [3.05, 3.63) is 18.2 Å². The minimum absolute atomic E-state index is 0.0708. The number of carbonyl (C=O) groups is 1. The number of esters is 1. The monoisotopic (exact) mass is 268 g/mol. The van der Waals surface area contributed by atoms with Gasteiger partial charge >= 0.3 is 5.97 Å². The van der Waals surface area contributed by atoms with Crippen LogP contribution in [0.4, 0.5) is 0 Å². The lowest BCUT2D eigenvalue weighted by molar-refractivity contribution is -0.141. The van der Waals surface area contributed by atoms with E-state index in [1.54, 1.807) is 0 Å². The Morgan fingerprint density at radius 1 is 1.61 bits per heavy atom. The van der Waals surface area contributed by atoms with Crippen molar-refractivity contribution in [1.29, 1.82) is 0 Å². The van der Waals surface area contributed by atoms with E-state index >= 15 is 0 Å². The highest BCUT2D eigenvalue weighted by Crippen LogP contribution is 2.51. The van der Waals surface area contributed by atoms with Gasteiger partial charge in [-0.1, -0.05) is 0 Å². The van der Waals surface area contributed by atoms with Crippen LogP contribution in [0.1, 0.15) is 25.1 Å². The molecule has 1 saturated carbocycles. The molecule has 0 bridgehead atoms. The van der Waals surface area contributed by atoms with Gasteiger partial charge in [0.15, 0.2) is 0 Å². The summed E-state index contributed by atoms with van der Waals surface area (Å²) in [4.78, 5) is 15.5. The molecule has 5 heteroatoms. The van der Waals surface area contributed by atoms with E-state index in [-0.39, 0.29) is 11.4 Å². The smallest absolute Gasteiger partial charge is 0.306 e. The SMILES string of the molecule is COC(=O)CC1(CSCCn2ccnc2C)CC1. The highest BCUT2D eigenvalue weighted by Gasteiger charge is 2.44. The van der Waals surface area contributed by atoms with Crippen LogP contribution >= 0.6 is 11.8 Å². The van der Waals surface area contributed by atoms with Gasteiger partial charge < -0.3 is 9.30 Å². The molecule has 100 valence electrons. The molecular formula is C13H20N2O2S. The fourth-order valence-electron chi connectivity index (χ4n) is 2.02. The van der Waals surface area contributed by atoms with E-state index in [0.29, 0.717) is 6.42 Å². The Hall–Kier alpha value is -0.970. The molecule has 1 aromatic rings. The van der Waals surface area contributed by atoms with Crippen LogP contribution in [0, 0.1) is 12.3 Å². The molecule has 0 radical (unpaired) electrons. The number of imidazole rings is 1. The van der Waals surface area contributed by atoms with Gasteiger partial charge in [0.2, 0.25) is 0 Å². The predicted molar refractivity (Wildman–Crippen MR) is 72.6 cm³/mol. The highest BCUT2D eigenvalue weighted by molar-refractivity contribution is 7.99. The number of hydrogen-bond donors (Lipinski definition) is 0. The molecule has 0 unspecified atom stereocenters. The topological polar surface area (TPSA) is 44.1 Å². The van der Waals surface area contributed by atoms with Gasteiger partial charge in [0.05, 0.1) is 13.5 Å². The lowest BCUT2D eigenvalue weighted by Gasteiger charge is -2.13. The van der Waals surface area contributed by atoms with Crippen molar-refractivity contribution in [2.75, 3.05) is 18.6 Å². The number of rotatable bonds is 7. The zero-order chi connectivity index (χ0) is 13.0. The van der Waals surface area contributed by atoms with Crippen molar-refractivity contribution in [2.45, 2.75) is 32.7 Å². The fourth-order valence-corrected chi connectivity index (χ4v) is 3.31. The van der Waals surface area contributed by atoms with Gasteiger partial charge in [-0.05, 0) is 30.9 Å². The Labute approximate surface area is 112 Å². The number of thioether (sulfide) groups is 1. The zero-order valence-corrected chi connectivity index (χ0v) is 11.8. The average Bonchev–Trinajstić information content (AvgIpc) is 3.00. The number of aromatic nitrogens is 2. The standard InChI is InChI=1S/C13H20N2O2S/c1-11-14-5-6-15(11)7-8-18-10-13(3-4-13)9-12(16)17-2/h5-6H,3-4,7-10H2,1-2H3. The summed E-state index contributed by atoms with van der Waals surface area (Å²) in [7, 11) is 1.47. The van der Waals surface area contributed by atoms with Crippen LogP contribution < -0.4 is 0 Å². The first-order chi connectivity index (χ1) is 8.65. The van der Waals surface area contributed by atoms with E-state index in [0.717, 1.165) is 23.9 Å². The minimum Gasteiger partial charge on any atom is -0.469 e. The lowest BCUT2D eigenvalue weighted by atomic mass is 10.1. The number of ether oxygens (including phenoxy) is 1. The summed E-state index contributed by atoms with van der Waals surface area (Å²) in [6.07, 6.45) is 6.76.